The van der Waals surface area contributed by atoms with E-state index in [1.165, 1.54) is 12.1 Å². The molecule has 0 radical (unpaired) electrons. The second-order valence-corrected chi connectivity index (χ2v) is 2.97. The van der Waals surface area contributed by atoms with Crippen LogP contribution in [0.5, 0.6) is 0 Å². The van der Waals surface area contributed by atoms with E-state index < -0.39 is 17.8 Å². The van der Waals surface area contributed by atoms with E-state index in [1.807, 2.05) is 0 Å². The fourth-order valence-corrected chi connectivity index (χ4v) is 1.08. The highest BCUT2D eigenvalue weighted by Crippen LogP contribution is 2.30. The van der Waals surface area contributed by atoms with Gasteiger partial charge >= 0.3 is 6.18 Å². The Balaban J connectivity index is 3.01. The number of hydrogen-bond donors (Lipinski definition) is 2. The van der Waals surface area contributed by atoms with E-state index in [1.54, 1.807) is 0 Å². The SMILES string of the molecule is NC[C@H](N)c1cccc(C(F)(F)F)c1. The average molecular weight is 204 g/mol. The first-order chi connectivity index (χ1) is 6.45. The molecule has 4 N–H and O–H groups in total. The molecule has 0 aliphatic carbocycles. The van der Waals surface area contributed by atoms with Gasteiger partial charge in [-0.05, 0) is 17.7 Å². The van der Waals surface area contributed by atoms with Crippen LogP contribution in [0.3, 0.4) is 0 Å². The zero-order valence-corrected chi connectivity index (χ0v) is 7.38. The molecular weight excluding hydrogens is 193 g/mol. The van der Waals surface area contributed by atoms with Crippen molar-refractivity contribution in [1.29, 1.82) is 0 Å². The maximum absolute atomic E-state index is 12.3. The van der Waals surface area contributed by atoms with Gasteiger partial charge in [-0.2, -0.15) is 13.2 Å². The minimum absolute atomic E-state index is 0.126. The summed E-state index contributed by atoms with van der Waals surface area (Å²) in [5.74, 6) is 0. The highest BCUT2D eigenvalue weighted by Gasteiger charge is 2.30. The predicted octanol–water partition coefficient (Wildman–Crippen LogP) is 1.66. The second kappa shape index (κ2) is 3.98. The smallest absolute Gasteiger partial charge is 0.329 e. The Labute approximate surface area is 79.7 Å². The summed E-state index contributed by atoms with van der Waals surface area (Å²) in [5.41, 5.74) is 10.5. The van der Waals surface area contributed by atoms with E-state index in [0.29, 0.717) is 5.56 Å². The van der Waals surface area contributed by atoms with Crippen molar-refractivity contribution in [3.05, 3.63) is 35.4 Å². The minimum Gasteiger partial charge on any atom is -0.329 e. The third kappa shape index (κ3) is 2.46. The zero-order valence-electron chi connectivity index (χ0n) is 7.38. The van der Waals surface area contributed by atoms with Gasteiger partial charge < -0.3 is 11.5 Å². The monoisotopic (exact) mass is 204 g/mol. The van der Waals surface area contributed by atoms with Crippen LogP contribution in [-0.4, -0.2) is 6.54 Å². The molecule has 1 atom stereocenters. The van der Waals surface area contributed by atoms with E-state index in [4.69, 9.17) is 11.5 Å². The Morgan fingerprint density at radius 1 is 1.29 bits per heavy atom. The number of rotatable bonds is 2. The van der Waals surface area contributed by atoms with E-state index in [2.05, 4.69) is 0 Å². The molecule has 0 aromatic heterocycles. The van der Waals surface area contributed by atoms with Gasteiger partial charge in [0.15, 0.2) is 0 Å². The van der Waals surface area contributed by atoms with Gasteiger partial charge in [-0.3, -0.25) is 0 Å². The Morgan fingerprint density at radius 3 is 2.43 bits per heavy atom. The van der Waals surface area contributed by atoms with Crippen molar-refractivity contribution in [2.24, 2.45) is 11.5 Å². The minimum atomic E-state index is -4.33. The van der Waals surface area contributed by atoms with Gasteiger partial charge in [0.05, 0.1) is 5.56 Å². The number of halogens is 3. The molecule has 0 bridgehead atoms. The van der Waals surface area contributed by atoms with Crippen LogP contribution in [0.15, 0.2) is 24.3 Å². The second-order valence-electron chi connectivity index (χ2n) is 2.97. The zero-order chi connectivity index (χ0) is 10.8. The summed E-state index contributed by atoms with van der Waals surface area (Å²) < 4.78 is 36.8. The summed E-state index contributed by atoms with van der Waals surface area (Å²) in [6.45, 7) is 0.126. The van der Waals surface area contributed by atoms with Crippen molar-refractivity contribution >= 4 is 0 Å². The number of hydrogen-bond acceptors (Lipinski definition) is 2. The van der Waals surface area contributed by atoms with Crippen LogP contribution in [0, 0.1) is 0 Å². The topological polar surface area (TPSA) is 52.0 Å². The molecule has 0 amide bonds. The molecule has 0 saturated carbocycles. The maximum Gasteiger partial charge on any atom is 0.416 e. The van der Waals surface area contributed by atoms with Crippen molar-refractivity contribution in [3.63, 3.8) is 0 Å². The van der Waals surface area contributed by atoms with Crippen molar-refractivity contribution < 1.29 is 13.2 Å². The molecule has 14 heavy (non-hydrogen) atoms. The van der Waals surface area contributed by atoms with Crippen LogP contribution in [0.4, 0.5) is 13.2 Å². The Bertz CT molecular complexity index is 309. The fourth-order valence-electron chi connectivity index (χ4n) is 1.08. The van der Waals surface area contributed by atoms with E-state index >= 15 is 0 Å². The van der Waals surface area contributed by atoms with Gasteiger partial charge in [0, 0.05) is 12.6 Å². The molecule has 1 rings (SSSR count). The first-order valence-electron chi connectivity index (χ1n) is 4.08. The van der Waals surface area contributed by atoms with Crippen molar-refractivity contribution in [3.8, 4) is 0 Å². The maximum atomic E-state index is 12.3. The molecule has 1 aromatic carbocycles. The first-order valence-corrected chi connectivity index (χ1v) is 4.08. The van der Waals surface area contributed by atoms with Crippen molar-refractivity contribution in [2.75, 3.05) is 6.54 Å². The van der Waals surface area contributed by atoms with E-state index in [9.17, 15) is 13.2 Å². The van der Waals surface area contributed by atoms with Gasteiger partial charge in [0.1, 0.15) is 0 Å². The summed E-state index contributed by atoms with van der Waals surface area (Å²) in [5, 5.41) is 0. The van der Waals surface area contributed by atoms with Crippen LogP contribution in [-0.2, 0) is 6.18 Å². The summed E-state index contributed by atoms with van der Waals surface area (Å²) in [6, 6.07) is 4.35. The number of alkyl halides is 3. The van der Waals surface area contributed by atoms with Gasteiger partial charge in [0.25, 0.3) is 0 Å². The number of nitrogens with two attached hydrogens (primary N) is 2. The predicted molar refractivity (Wildman–Crippen MR) is 47.4 cm³/mol. The molecule has 0 saturated heterocycles. The summed E-state index contributed by atoms with van der Waals surface area (Å²) in [4.78, 5) is 0. The normalized spacial score (nSPS) is 14.1. The summed E-state index contributed by atoms with van der Waals surface area (Å²) in [6.07, 6.45) is -4.33. The van der Waals surface area contributed by atoms with E-state index in [0.717, 1.165) is 12.1 Å². The van der Waals surface area contributed by atoms with Gasteiger partial charge in [-0.25, -0.2) is 0 Å². The molecule has 0 aliphatic heterocycles. The molecule has 78 valence electrons. The van der Waals surface area contributed by atoms with Crippen molar-refractivity contribution in [1.82, 2.24) is 0 Å². The third-order valence-corrected chi connectivity index (χ3v) is 1.90. The fraction of sp³-hybridized carbons (Fsp3) is 0.333. The average Bonchev–Trinajstić information content (AvgIpc) is 2.15. The third-order valence-electron chi connectivity index (χ3n) is 1.90. The lowest BCUT2D eigenvalue weighted by atomic mass is 10.0. The first kappa shape index (κ1) is 11.0. The van der Waals surface area contributed by atoms with Crippen LogP contribution in [0.2, 0.25) is 0 Å². The van der Waals surface area contributed by atoms with Crippen molar-refractivity contribution in [2.45, 2.75) is 12.2 Å². The molecule has 0 aliphatic rings. The molecule has 0 heterocycles. The molecule has 5 heteroatoms. The molecule has 1 aromatic rings. The van der Waals surface area contributed by atoms with Crippen LogP contribution < -0.4 is 11.5 Å². The number of benzene rings is 1. The van der Waals surface area contributed by atoms with Crippen LogP contribution in [0.25, 0.3) is 0 Å². The lowest BCUT2D eigenvalue weighted by Crippen LogP contribution is -2.21. The Kier molecular flexibility index (Phi) is 3.13. The lowest BCUT2D eigenvalue weighted by Gasteiger charge is -2.12. The summed E-state index contributed by atoms with van der Waals surface area (Å²) >= 11 is 0. The molecular formula is C9H11F3N2. The Hall–Kier alpha value is -1.07. The standard InChI is InChI=1S/C9H11F3N2/c10-9(11,12)7-3-1-2-6(4-7)8(14)5-13/h1-4,8H,5,13-14H2/t8-/m0/s1. The highest BCUT2D eigenvalue weighted by molar-refractivity contribution is 5.27. The van der Waals surface area contributed by atoms with Crippen LogP contribution >= 0.6 is 0 Å². The lowest BCUT2D eigenvalue weighted by molar-refractivity contribution is -0.137. The molecule has 0 spiro atoms. The van der Waals surface area contributed by atoms with E-state index in [-0.39, 0.29) is 6.54 Å². The summed E-state index contributed by atoms with van der Waals surface area (Å²) in [7, 11) is 0. The molecule has 2 nitrogen and oxygen atoms in total. The Morgan fingerprint density at radius 2 is 1.93 bits per heavy atom. The van der Waals surface area contributed by atoms with Crippen LogP contribution in [0.1, 0.15) is 17.2 Å². The molecule has 0 fully saturated rings. The van der Waals surface area contributed by atoms with Gasteiger partial charge in [-0.15, -0.1) is 0 Å². The highest BCUT2D eigenvalue weighted by atomic mass is 19.4. The van der Waals surface area contributed by atoms with Gasteiger partial charge in [-0.1, -0.05) is 12.1 Å². The quantitative estimate of drug-likeness (QED) is 0.769. The molecule has 0 unspecified atom stereocenters. The largest absolute Gasteiger partial charge is 0.416 e. The van der Waals surface area contributed by atoms with Gasteiger partial charge in [0.2, 0.25) is 0 Å².